The minimum atomic E-state index is -3.89. The molecule has 4 aliphatic rings. The van der Waals surface area contributed by atoms with Crippen LogP contribution in [0.4, 0.5) is 0 Å². The lowest BCUT2D eigenvalue weighted by Gasteiger charge is -2.40. The van der Waals surface area contributed by atoms with Gasteiger partial charge in [0.15, 0.2) is 6.29 Å². The average molecular weight is 846 g/mol. The number of amides is 3. The molecule has 1 aromatic carbocycles. The molecule has 2 saturated carbocycles. The second-order valence-electron chi connectivity index (χ2n) is 15.6. The Morgan fingerprint density at radius 3 is 2.51 bits per heavy atom. The third-order valence-electron chi connectivity index (χ3n) is 11.0. The van der Waals surface area contributed by atoms with E-state index in [4.69, 9.17) is 45.3 Å². The first-order valence-electron chi connectivity index (χ1n) is 19.0. The van der Waals surface area contributed by atoms with Crippen molar-refractivity contribution < 1.29 is 46.5 Å². The number of carbonyl (C=O) groups excluding carboxylic acids is 3. The second kappa shape index (κ2) is 16.1. The molecule has 18 heteroatoms. The number of halogens is 1. The van der Waals surface area contributed by atoms with Crippen LogP contribution in [0.25, 0.3) is 21.6 Å². The van der Waals surface area contributed by atoms with E-state index in [0.29, 0.717) is 45.9 Å². The number of ether oxygens (including phenoxy) is 5. The minimum Gasteiger partial charge on any atom is -0.487 e. The largest absolute Gasteiger partial charge is 0.487 e. The number of pyridine rings is 1. The number of rotatable bonds is 16. The van der Waals surface area contributed by atoms with Gasteiger partial charge >= 0.3 is 0 Å². The first kappa shape index (κ1) is 41.3. The Morgan fingerprint density at radius 1 is 1.16 bits per heavy atom. The molecule has 7 rings (SSSR count). The monoisotopic (exact) mass is 845 g/mol. The number of benzene rings is 1. The molecule has 308 valence electrons. The topological polar surface area (TPSA) is 185 Å². The quantitative estimate of drug-likeness (QED) is 0.152. The fraction of sp³-hybridized carbons (Fsp3) is 0.564. The van der Waals surface area contributed by atoms with E-state index >= 15 is 0 Å². The maximum absolute atomic E-state index is 14.4. The number of morpholine rings is 1. The van der Waals surface area contributed by atoms with E-state index in [0.717, 1.165) is 5.69 Å². The summed E-state index contributed by atoms with van der Waals surface area (Å²) in [6.45, 7) is 11.8. The Morgan fingerprint density at radius 2 is 1.89 bits per heavy atom. The predicted molar refractivity (Wildman–Crippen MR) is 213 cm³/mol. The Hall–Kier alpha value is -3.87. The molecule has 0 spiro atoms. The summed E-state index contributed by atoms with van der Waals surface area (Å²) in [5, 5.41) is 5.60. The van der Waals surface area contributed by atoms with Gasteiger partial charge in [-0.05, 0) is 43.2 Å². The van der Waals surface area contributed by atoms with Gasteiger partial charge in [-0.25, -0.2) is 18.4 Å². The van der Waals surface area contributed by atoms with Gasteiger partial charge in [0.2, 0.25) is 15.9 Å². The number of methoxy groups -OCH3 is 2. The highest BCUT2D eigenvalue weighted by Crippen LogP contribution is 2.46. The zero-order valence-corrected chi connectivity index (χ0v) is 35.0. The van der Waals surface area contributed by atoms with Crippen molar-refractivity contribution in [1.82, 2.24) is 24.9 Å². The van der Waals surface area contributed by atoms with E-state index in [-0.39, 0.29) is 48.8 Å². The zero-order valence-electron chi connectivity index (χ0n) is 32.7. The van der Waals surface area contributed by atoms with Crippen molar-refractivity contribution >= 4 is 61.6 Å². The molecule has 2 aliphatic heterocycles. The first-order valence-corrected chi connectivity index (χ1v) is 21.8. The normalized spacial score (nSPS) is 25.9. The van der Waals surface area contributed by atoms with Gasteiger partial charge in [0.1, 0.15) is 57.6 Å². The van der Waals surface area contributed by atoms with Gasteiger partial charge in [-0.3, -0.25) is 19.1 Å². The van der Waals surface area contributed by atoms with Crippen LogP contribution in [0.1, 0.15) is 65.0 Å². The summed E-state index contributed by atoms with van der Waals surface area (Å²) in [6, 6.07) is 3.49. The summed E-state index contributed by atoms with van der Waals surface area (Å²) in [6.07, 6.45) is 0.479. The lowest BCUT2D eigenvalue weighted by Crippen LogP contribution is -2.61. The Kier molecular flexibility index (Phi) is 11.6. The molecule has 4 fully saturated rings. The summed E-state index contributed by atoms with van der Waals surface area (Å²) in [4.78, 5) is 53.3. The van der Waals surface area contributed by atoms with Crippen LogP contribution >= 0.6 is 22.9 Å². The van der Waals surface area contributed by atoms with E-state index in [1.165, 1.54) is 36.5 Å². The van der Waals surface area contributed by atoms with Crippen LogP contribution in [-0.4, -0.2) is 110 Å². The van der Waals surface area contributed by atoms with Crippen LogP contribution in [0.5, 0.6) is 11.5 Å². The van der Waals surface area contributed by atoms with Crippen molar-refractivity contribution in [3.63, 3.8) is 0 Å². The second-order valence-corrected chi connectivity index (χ2v) is 18.8. The number of carbonyl (C=O) groups is 3. The molecule has 57 heavy (non-hydrogen) atoms. The van der Waals surface area contributed by atoms with Crippen LogP contribution in [0.15, 0.2) is 36.2 Å². The van der Waals surface area contributed by atoms with Gasteiger partial charge < -0.3 is 33.9 Å². The summed E-state index contributed by atoms with van der Waals surface area (Å²) < 4.78 is 57.1. The fourth-order valence-corrected chi connectivity index (χ4v) is 10.00. The maximum Gasteiger partial charge on any atom is 0.259 e. The van der Waals surface area contributed by atoms with Gasteiger partial charge in [0.25, 0.3) is 11.8 Å². The van der Waals surface area contributed by atoms with Crippen molar-refractivity contribution in [3.05, 3.63) is 47.0 Å². The Balaban J connectivity index is 1.23. The molecule has 2 saturated heterocycles. The van der Waals surface area contributed by atoms with E-state index in [2.05, 4.69) is 30.5 Å². The van der Waals surface area contributed by atoms with E-state index in [1.807, 2.05) is 19.2 Å². The molecular weight excluding hydrogens is 798 g/mol. The van der Waals surface area contributed by atoms with E-state index in [9.17, 15) is 22.8 Å². The lowest BCUT2D eigenvalue weighted by molar-refractivity contribution is -0.167. The van der Waals surface area contributed by atoms with Crippen molar-refractivity contribution in [2.75, 3.05) is 27.4 Å². The molecule has 4 heterocycles. The molecule has 3 amide bonds. The molecule has 0 bridgehead atoms. The van der Waals surface area contributed by atoms with Crippen molar-refractivity contribution in [2.45, 2.75) is 101 Å². The van der Waals surface area contributed by atoms with Crippen LogP contribution < -0.4 is 19.5 Å². The number of fused-ring (bicyclic) bond motifs is 2. The highest BCUT2D eigenvalue weighted by molar-refractivity contribution is 7.91. The van der Waals surface area contributed by atoms with Crippen LogP contribution in [0.2, 0.25) is 5.02 Å². The molecule has 2 aromatic heterocycles. The third kappa shape index (κ3) is 7.98. The smallest absolute Gasteiger partial charge is 0.259 e. The number of hydrogen-bond acceptors (Lipinski definition) is 13. The number of aromatic nitrogens is 2. The molecule has 0 radical (unpaired) electrons. The molecule has 2 aliphatic carbocycles. The summed E-state index contributed by atoms with van der Waals surface area (Å²) in [7, 11) is -0.880. The van der Waals surface area contributed by atoms with Crippen molar-refractivity contribution in [3.8, 4) is 22.2 Å². The van der Waals surface area contributed by atoms with Crippen molar-refractivity contribution in [2.24, 2.45) is 11.8 Å². The van der Waals surface area contributed by atoms with Crippen LogP contribution in [0, 0.1) is 11.8 Å². The number of thiazole rings is 1. The number of nitrogens with zero attached hydrogens (tertiary/aromatic N) is 3. The molecule has 2 N–H and O–H groups in total. The van der Waals surface area contributed by atoms with Crippen molar-refractivity contribution in [1.29, 1.82) is 0 Å². The highest BCUT2D eigenvalue weighted by atomic mass is 35.5. The van der Waals surface area contributed by atoms with Crippen LogP contribution in [0.3, 0.4) is 0 Å². The summed E-state index contributed by atoms with van der Waals surface area (Å²) in [5.41, 5.74) is 0.256. The molecule has 15 nitrogen and oxygen atoms in total. The first-order chi connectivity index (χ1) is 27.1. The van der Waals surface area contributed by atoms with E-state index < -0.39 is 69.1 Å². The van der Waals surface area contributed by atoms with Gasteiger partial charge in [-0.2, -0.15) is 0 Å². The number of hydrogen-bond donors (Lipinski definition) is 2. The Labute approximate surface area is 340 Å². The van der Waals surface area contributed by atoms with Crippen LogP contribution in [-0.2, 0) is 38.6 Å². The summed E-state index contributed by atoms with van der Waals surface area (Å²) in [5.74, 6) is -1.58. The zero-order chi connectivity index (χ0) is 41.0. The number of sulfonamides is 1. The number of nitrogens with one attached hydrogen (secondary N) is 2. The minimum absolute atomic E-state index is 0.0471. The van der Waals surface area contributed by atoms with Gasteiger partial charge in [-0.15, -0.1) is 17.9 Å². The lowest BCUT2D eigenvalue weighted by atomic mass is 10.0. The molecule has 3 aromatic rings. The van der Waals surface area contributed by atoms with Gasteiger partial charge in [0, 0.05) is 43.4 Å². The van der Waals surface area contributed by atoms with Gasteiger partial charge in [-0.1, -0.05) is 45.4 Å². The molecule has 6 atom stereocenters. The highest BCUT2D eigenvalue weighted by Gasteiger charge is 2.63. The Bertz CT molecular complexity index is 2170. The maximum atomic E-state index is 14.4. The predicted octanol–water partition coefficient (Wildman–Crippen LogP) is 4.57. The fourth-order valence-electron chi connectivity index (χ4n) is 7.43. The SMILES string of the molecule is C=C[C@@H]1C[C@]1(NC(=O)[C@@H]1C[C@@H](Oc2cc(-c3nc(C(C)C)cs3)nc3c(Cl)c(OCC(OC)OC)ccc23)[C@H]2COC(C(C)C)C(=O)N21)C(=O)NS(=O)(=O)C1CC1. The average Bonchev–Trinajstić information content (AvgIpc) is 4.07. The standard InChI is InChI=1S/C39H48ClN5O10S2/c1-8-21-15-39(21,38(48)44-57(49,50)22-9-10-22)43-35(46)26-14-30(27-16-54-34(20(4)5)37(47)45(26)27)55-29-13-24(36-42-25(18-56-36)19(2)3)41-33-23(29)11-12-28(32(33)40)53-17-31(51-6)52-7/h8,11-13,18-22,26-27,30-31,34H,1,9-10,14-17H2,2-7H3,(H,43,46)(H,44,48)/t21-,26+,27-,30-,34?,39-/m1/s1. The van der Waals surface area contributed by atoms with Gasteiger partial charge in [0.05, 0.1) is 29.1 Å². The third-order valence-corrected chi connectivity index (χ3v) is 14.1. The molecular formula is C39H48ClN5O10S2. The molecule has 1 unspecified atom stereocenters. The van der Waals surface area contributed by atoms with E-state index in [1.54, 1.807) is 18.2 Å². The summed E-state index contributed by atoms with van der Waals surface area (Å²) >= 11 is 8.42.